The van der Waals surface area contributed by atoms with Crippen LogP contribution in [0.4, 0.5) is 11.5 Å². The third-order valence-electron chi connectivity index (χ3n) is 2.57. The van der Waals surface area contributed by atoms with Crippen molar-refractivity contribution in [2.75, 3.05) is 11.1 Å². The highest BCUT2D eigenvalue weighted by Gasteiger charge is 2.06. The molecule has 0 aliphatic heterocycles. The number of carbonyl (C=O) groups excluding carboxylic acids is 1. The fourth-order valence-electron chi connectivity index (χ4n) is 1.69. The molecule has 2 aromatic rings. The van der Waals surface area contributed by atoms with Crippen molar-refractivity contribution >= 4 is 24.1 Å². The Labute approximate surface area is 104 Å². The Morgan fingerprint density at radius 2 is 2.11 bits per heavy atom. The first kappa shape index (κ1) is 11.8. The molecule has 18 heavy (non-hydrogen) atoms. The lowest BCUT2D eigenvalue weighted by Gasteiger charge is -2.08. The quantitative estimate of drug-likeness (QED) is 0.433. The average molecular weight is 240 g/mol. The molecule has 90 valence electrons. The van der Waals surface area contributed by atoms with E-state index in [4.69, 9.17) is 11.1 Å². The maximum absolute atomic E-state index is 10.3. The van der Waals surface area contributed by atoms with Crippen LogP contribution >= 0.6 is 0 Å². The third kappa shape index (κ3) is 2.20. The number of aromatic nitrogens is 1. The molecule has 5 nitrogen and oxygen atoms in total. The van der Waals surface area contributed by atoms with Gasteiger partial charge in [-0.2, -0.15) is 0 Å². The van der Waals surface area contributed by atoms with Crippen LogP contribution in [-0.2, 0) is 4.79 Å². The number of nitrogens with one attached hydrogen (secondary N) is 2. The van der Waals surface area contributed by atoms with Gasteiger partial charge in [0.2, 0.25) is 6.41 Å². The van der Waals surface area contributed by atoms with Crippen molar-refractivity contribution in [1.82, 2.24) is 4.98 Å². The van der Waals surface area contributed by atoms with Crippen LogP contribution in [-0.4, -0.2) is 17.6 Å². The number of carbonyl (C=O) groups is 1. The average Bonchev–Trinajstić information content (AvgIpc) is 2.40. The Hall–Kier alpha value is -2.69. The second kappa shape index (κ2) is 5.09. The number of hydrogen-bond donors (Lipinski definition) is 3. The van der Waals surface area contributed by atoms with E-state index in [0.717, 1.165) is 11.1 Å². The summed E-state index contributed by atoms with van der Waals surface area (Å²) in [5, 5.41) is 9.86. The van der Waals surface area contributed by atoms with Gasteiger partial charge in [-0.3, -0.25) is 4.79 Å². The maximum Gasteiger partial charge on any atom is 0.212 e. The number of nitrogen functional groups attached to an aromatic ring is 1. The zero-order valence-corrected chi connectivity index (χ0v) is 9.55. The molecule has 1 aromatic carbocycles. The summed E-state index contributed by atoms with van der Waals surface area (Å²) in [6, 6.07) is 8.97. The zero-order chi connectivity index (χ0) is 13.0. The molecule has 1 heterocycles. The molecular formula is C13H12N4O. The minimum atomic E-state index is 0.481. The first-order valence-electron chi connectivity index (χ1n) is 5.32. The normalized spacial score (nSPS) is 9.78. The van der Waals surface area contributed by atoms with Crippen molar-refractivity contribution in [3.05, 3.63) is 42.1 Å². The molecule has 1 amide bonds. The minimum Gasteiger partial charge on any atom is -0.398 e. The molecule has 2 rings (SSSR count). The van der Waals surface area contributed by atoms with E-state index < -0.39 is 0 Å². The summed E-state index contributed by atoms with van der Waals surface area (Å²) in [5.41, 5.74) is 8.72. The van der Waals surface area contributed by atoms with Gasteiger partial charge in [0.1, 0.15) is 5.82 Å². The van der Waals surface area contributed by atoms with E-state index in [9.17, 15) is 4.79 Å². The monoisotopic (exact) mass is 240 g/mol. The molecule has 0 aliphatic carbocycles. The lowest BCUT2D eigenvalue weighted by Crippen LogP contribution is -1.98. The molecule has 0 bridgehead atoms. The minimum absolute atomic E-state index is 0.481. The number of nitrogens with zero attached hydrogens (tertiary/aromatic N) is 1. The lowest BCUT2D eigenvalue weighted by atomic mass is 10.0. The van der Waals surface area contributed by atoms with Crippen LogP contribution in [0.1, 0.15) is 5.56 Å². The summed E-state index contributed by atoms with van der Waals surface area (Å²) in [4.78, 5) is 14.4. The fraction of sp³-hybridized carbons (Fsp3) is 0. The Morgan fingerprint density at radius 3 is 2.72 bits per heavy atom. The van der Waals surface area contributed by atoms with Crippen LogP contribution in [0.5, 0.6) is 0 Å². The van der Waals surface area contributed by atoms with Gasteiger partial charge in [-0.15, -0.1) is 0 Å². The van der Waals surface area contributed by atoms with Crippen molar-refractivity contribution < 1.29 is 4.79 Å². The molecule has 0 aliphatic rings. The number of amides is 1. The fourth-order valence-corrected chi connectivity index (χ4v) is 1.69. The van der Waals surface area contributed by atoms with Gasteiger partial charge in [0.25, 0.3) is 0 Å². The van der Waals surface area contributed by atoms with E-state index in [1.165, 1.54) is 6.21 Å². The SMILES string of the molecule is N=Cc1c(N)cccc1-c1ccc(NC=O)nc1. The second-order valence-electron chi connectivity index (χ2n) is 3.65. The van der Waals surface area contributed by atoms with Gasteiger partial charge in [-0.25, -0.2) is 4.98 Å². The summed E-state index contributed by atoms with van der Waals surface area (Å²) >= 11 is 0. The van der Waals surface area contributed by atoms with Gasteiger partial charge in [0.15, 0.2) is 0 Å². The summed E-state index contributed by atoms with van der Waals surface area (Å²) in [7, 11) is 0. The molecule has 4 N–H and O–H groups in total. The molecule has 0 radical (unpaired) electrons. The molecule has 0 spiro atoms. The standard InChI is InChI=1S/C13H12N4O/c14-6-11-10(2-1-3-12(11)15)9-4-5-13(16-7-9)17-8-18/h1-8,14H,15H2,(H,16,17,18). The van der Waals surface area contributed by atoms with Gasteiger partial charge >= 0.3 is 0 Å². The summed E-state index contributed by atoms with van der Waals surface area (Å²) < 4.78 is 0. The van der Waals surface area contributed by atoms with E-state index in [2.05, 4.69) is 10.3 Å². The van der Waals surface area contributed by atoms with Gasteiger partial charge in [0, 0.05) is 29.2 Å². The molecule has 1 aromatic heterocycles. The van der Waals surface area contributed by atoms with Crippen molar-refractivity contribution in [3.8, 4) is 11.1 Å². The van der Waals surface area contributed by atoms with Gasteiger partial charge in [0.05, 0.1) is 0 Å². The van der Waals surface area contributed by atoms with Crippen LogP contribution in [0, 0.1) is 5.41 Å². The summed E-state index contributed by atoms with van der Waals surface area (Å²) in [6.45, 7) is 0. The molecule has 0 atom stereocenters. The number of nitrogens with two attached hydrogens (primary N) is 1. The van der Waals surface area contributed by atoms with Crippen molar-refractivity contribution in [3.63, 3.8) is 0 Å². The largest absolute Gasteiger partial charge is 0.398 e. The highest BCUT2D eigenvalue weighted by molar-refractivity contribution is 5.94. The first-order chi connectivity index (χ1) is 8.76. The summed E-state index contributed by atoms with van der Waals surface area (Å²) in [6.07, 6.45) is 3.43. The van der Waals surface area contributed by atoms with Crippen LogP contribution in [0.2, 0.25) is 0 Å². The van der Waals surface area contributed by atoms with Crippen molar-refractivity contribution in [1.29, 1.82) is 5.41 Å². The van der Waals surface area contributed by atoms with Crippen LogP contribution in [0.3, 0.4) is 0 Å². The van der Waals surface area contributed by atoms with Gasteiger partial charge in [-0.05, 0) is 23.8 Å². The first-order valence-corrected chi connectivity index (χ1v) is 5.32. The van der Waals surface area contributed by atoms with Crippen molar-refractivity contribution in [2.24, 2.45) is 0 Å². The Morgan fingerprint density at radius 1 is 1.28 bits per heavy atom. The number of hydrogen-bond acceptors (Lipinski definition) is 4. The Kier molecular flexibility index (Phi) is 3.33. The van der Waals surface area contributed by atoms with Crippen molar-refractivity contribution in [2.45, 2.75) is 0 Å². The van der Waals surface area contributed by atoms with E-state index in [1.54, 1.807) is 18.3 Å². The molecule has 0 saturated heterocycles. The lowest BCUT2D eigenvalue weighted by molar-refractivity contribution is -0.105. The number of anilines is 2. The van der Waals surface area contributed by atoms with E-state index in [-0.39, 0.29) is 0 Å². The molecular weight excluding hydrogens is 228 g/mol. The maximum atomic E-state index is 10.3. The zero-order valence-electron chi connectivity index (χ0n) is 9.55. The molecule has 0 unspecified atom stereocenters. The number of pyridine rings is 1. The van der Waals surface area contributed by atoms with Crippen LogP contribution in [0.25, 0.3) is 11.1 Å². The van der Waals surface area contributed by atoms with Crippen LogP contribution < -0.4 is 11.1 Å². The van der Waals surface area contributed by atoms with Crippen LogP contribution in [0.15, 0.2) is 36.5 Å². The highest BCUT2D eigenvalue weighted by Crippen LogP contribution is 2.26. The predicted molar refractivity (Wildman–Crippen MR) is 71.7 cm³/mol. The molecule has 0 fully saturated rings. The second-order valence-corrected chi connectivity index (χ2v) is 3.65. The van der Waals surface area contributed by atoms with E-state index in [0.29, 0.717) is 23.5 Å². The third-order valence-corrected chi connectivity index (χ3v) is 2.57. The van der Waals surface area contributed by atoms with E-state index >= 15 is 0 Å². The Balaban J connectivity index is 2.45. The topological polar surface area (TPSA) is 91.9 Å². The number of benzene rings is 1. The van der Waals surface area contributed by atoms with E-state index in [1.807, 2.05) is 18.2 Å². The smallest absolute Gasteiger partial charge is 0.212 e. The predicted octanol–water partition coefficient (Wildman–Crippen LogP) is 1.90. The molecule has 5 heteroatoms. The number of rotatable bonds is 4. The van der Waals surface area contributed by atoms with Gasteiger partial charge < -0.3 is 16.5 Å². The summed E-state index contributed by atoms with van der Waals surface area (Å²) in [5.74, 6) is 0.481. The highest BCUT2D eigenvalue weighted by atomic mass is 16.1. The Bertz CT molecular complexity index is 578. The van der Waals surface area contributed by atoms with Gasteiger partial charge in [-0.1, -0.05) is 12.1 Å². The molecule has 0 saturated carbocycles.